The Bertz CT molecular complexity index is 1030. The summed E-state index contributed by atoms with van der Waals surface area (Å²) in [7, 11) is 0. The van der Waals surface area contributed by atoms with Crippen LogP contribution in [0.3, 0.4) is 0 Å². The van der Waals surface area contributed by atoms with Gasteiger partial charge in [0.05, 0.1) is 5.69 Å². The highest BCUT2D eigenvalue weighted by Gasteiger charge is 2.49. The van der Waals surface area contributed by atoms with Gasteiger partial charge in [-0.2, -0.15) is 5.10 Å². The predicted molar refractivity (Wildman–Crippen MR) is 105 cm³/mol. The van der Waals surface area contributed by atoms with Gasteiger partial charge in [0, 0.05) is 41.8 Å². The van der Waals surface area contributed by atoms with E-state index in [9.17, 15) is 5.11 Å². The second-order valence-electron chi connectivity index (χ2n) is 8.23. The average Bonchev–Trinajstić information content (AvgIpc) is 3.33. The summed E-state index contributed by atoms with van der Waals surface area (Å²) in [6, 6.07) is 10.5. The van der Waals surface area contributed by atoms with Crippen LogP contribution in [0.2, 0.25) is 0 Å². The van der Waals surface area contributed by atoms with E-state index in [2.05, 4.69) is 26.5 Å². The van der Waals surface area contributed by atoms with Crippen LogP contribution in [0.1, 0.15) is 30.2 Å². The van der Waals surface area contributed by atoms with Crippen LogP contribution in [-0.2, 0) is 4.74 Å². The molecule has 3 aliphatic rings. The molecular weight excluding hydrogens is 354 g/mol. The molecule has 3 N–H and O–H groups in total. The topological polar surface area (TPSA) is 89.6 Å². The Morgan fingerprint density at radius 1 is 1.14 bits per heavy atom. The molecule has 7 nitrogen and oxygen atoms in total. The molecule has 0 spiro atoms. The van der Waals surface area contributed by atoms with Gasteiger partial charge in [-0.3, -0.25) is 10.00 Å². The maximum absolute atomic E-state index is 9.59. The van der Waals surface area contributed by atoms with Crippen LogP contribution >= 0.6 is 0 Å². The minimum Gasteiger partial charge on any atom is -0.508 e. The normalized spacial score (nSPS) is 29.5. The Morgan fingerprint density at radius 2 is 1.89 bits per heavy atom. The average molecular weight is 377 g/mol. The van der Waals surface area contributed by atoms with Crippen molar-refractivity contribution < 1.29 is 9.84 Å². The number of hydrogen-bond donors (Lipinski definition) is 3. The summed E-state index contributed by atoms with van der Waals surface area (Å²) in [4.78, 5) is 7.23. The first-order chi connectivity index (χ1) is 13.7. The maximum Gasteiger partial charge on any atom is 0.182 e. The number of phenolic OH excluding ortho intramolecular Hbond substituents is 1. The molecule has 3 aromatic rings. The smallest absolute Gasteiger partial charge is 0.182 e. The number of benzene rings is 1. The van der Waals surface area contributed by atoms with Crippen LogP contribution in [0.4, 0.5) is 0 Å². The van der Waals surface area contributed by atoms with Gasteiger partial charge in [-0.25, -0.2) is 4.98 Å². The van der Waals surface area contributed by atoms with E-state index in [0.717, 1.165) is 41.0 Å². The van der Waals surface area contributed by atoms with E-state index in [0.29, 0.717) is 17.7 Å². The van der Waals surface area contributed by atoms with Gasteiger partial charge in [-0.1, -0.05) is 0 Å². The summed E-state index contributed by atoms with van der Waals surface area (Å²) in [6.45, 7) is 4.14. The molecule has 3 saturated heterocycles. The maximum atomic E-state index is 9.59. The van der Waals surface area contributed by atoms with Crippen LogP contribution in [0.15, 0.2) is 30.3 Å². The van der Waals surface area contributed by atoms with Gasteiger partial charge in [0.15, 0.2) is 5.65 Å². The number of hydrogen-bond acceptors (Lipinski definition) is 6. The number of nitrogens with one attached hydrogen (secondary N) is 2. The van der Waals surface area contributed by atoms with Gasteiger partial charge >= 0.3 is 0 Å². The molecule has 0 aliphatic carbocycles. The zero-order valence-electron chi connectivity index (χ0n) is 15.7. The Balaban J connectivity index is 1.37. The van der Waals surface area contributed by atoms with Crippen molar-refractivity contribution in [3.63, 3.8) is 0 Å². The second-order valence-corrected chi connectivity index (χ2v) is 8.23. The fourth-order valence-electron chi connectivity index (χ4n) is 4.86. The van der Waals surface area contributed by atoms with Gasteiger partial charge in [-0.05, 0) is 55.7 Å². The molecule has 4 unspecified atom stereocenters. The number of aromatic nitrogens is 3. The van der Waals surface area contributed by atoms with Crippen LogP contribution in [0, 0.1) is 6.92 Å². The van der Waals surface area contributed by atoms with Crippen LogP contribution < -0.4 is 5.32 Å². The van der Waals surface area contributed by atoms with E-state index in [4.69, 9.17) is 9.72 Å². The Hall–Kier alpha value is -2.48. The lowest BCUT2D eigenvalue weighted by molar-refractivity contribution is 0.129. The highest BCUT2D eigenvalue weighted by molar-refractivity contribution is 5.85. The van der Waals surface area contributed by atoms with Crippen molar-refractivity contribution >= 4 is 11.0 Å². The number of piperazine rings is 1. The van der Waals surface area contributed by atoms with Crippen molar-refractivity contribution in [3.8, 4) is 17.0 Å². The van der Waals surface area contributed by atoms with Gasteiger partial charge in [0.2, 0.25) is 0 Å². The fraction of sp³-hybridized carbons (Fsp3) is 0.429. The lowest BCUT2D eigenvalue weighted by Crippen LogP contribution is -2.52. The molecule has 144 valence electrons. The summed E-state index contributed by atoms with van der Waals surface area (Å²) >= 11 is 0. The molecule has 1 aromatic carbocycles. The number of ether oxygens (including phenoxy) is 1. The monoisotopic (exact) mass is 377 g/mol. The Kier molecular flexibility index (Phi) is 3.53. The minimum absolute atomic E-state index is 0.0511. The van der Waals surface area contributed by atoms with Crippen LogP contribution in [-0.4, -0.2) is 56.6 Å². The standard InChI is InChI=1S/C21H23N5O2/c1-11-18-16(19-21(28-19)26-9-13-4-5-14(10-26)22-13)8-17(23-20(18)25-24-11)12-2-6-15(27)7-3-12/h2-3,6-8,13-14,19,21-22,27H,4-5,9-10H2,1H3,(H,23,24,25). The van der Waals surface area contributed by atoms with E-state index < -0.39 is 0 Å². The molecule has 0 amide bonds. The van der Waals surface area contributed by atoms with E-state index in [-0.39, 0.29) is 18.1 Å². The third-order valence-corrected chi connectivity index (χ3v) is 6.28. The number of fused-ring (bicyclic) bond motifs is 3. The summed E-state index contributed by atoms with van der Waals surface area (Å²) in [5.74, 6) is 0.250. The zero-order chi connectivity index (χ0) is 18.8. The Labute approximate surface area is 162 Å². The van der Waals surface area contributed by atoms with Crippen LogP contribution in [0.25, 0.3) is 22.3 Å². The number of pyridine rings is 1. The zero-order valence-corrected chi connectivity index (χ0v) is 15.7. The summed E-state index contributed by atoms with van der Waals surface area (Å²) in [5, 5.41) is 21.8. The number of nitrogens with zero attached hydrogens (tertiary/aromatic N) is 3. The van der Waals surface area contributed by atoms with E-state index in [1.165, 1.54) is 12.8 Å². The number of aromatic amines is 1. The number of likely N-dealkylation sites (tertiary alicyclic amines) is 1. The fourth-order valence-corrected chi connectivity index (χ4v) is 4.86. The van der Waals surface area contributed by atoms with E-state index in [1.54, 1.807) is 12.1 Å². The van der Waals surface area contributed by atoms with Crippen LogP contribution in [0.5, 0.6) is 5.75 Å². The highest BCUT2D eigenvalue weighted by Crippen LogP contribution is 2.46. The van der Waals surface area contributed by atoms with Crippen molar-refractivity contribution in [2.75, 3.05) is 13.1 Å². The van der Waals surface area contributed by atoms with Gasteiger partial charge < -0.3 is 15.2 Å². The van der Waals surface area contributed by atoms with Crippen molar-refractivity contribution in [1.82, 2.24) is 25.4 Å². The minimum atomic E-state index is 0.0511. The van der Waals surface area contributed by atoms with Crippen molar-refractivity contribution in [1.29, 1.82) is 0 Å². The summed E-state index contributed by atoms with van der Waals surface area (Å²) in [6.07, 6.45) is 2.72. The third kappa shape index (κ3) is 2.62. The van der Waals surface area contributed by atoms with E-state index in [1.807, 2.05) is 19.1 Å². The number of phenols is 1. The predicted octanol–water partition coefficient (Wildman–Crippen LogP) is 2.47. The first kappa shape index (κ1) is 16.5. The Morgan fingerprint density at radius 3 is 2.64 bits per heavy atom. The molecule has 3 aliphatic heterocycles. The molecular formula is C21H23N5O2. The molecule has 3 fully saturated rings. The van der Waals surface area contributed by atoms with Crippen molar-refractivity contribution in [2.45, 2.75) is 44.2 Å². The highest BCUT2D eigenvalue weighted by atomic mass is 16.6. The van der Waals surface area contributed by atoms with E-state index >= 15 is 0 Å². The SMILES string of the molecule is Cc1[nH]nc2nc(-c3ccc(O)cc3)cc(C3OC3N3CC4CCC(C3)N4)c12. The first-order valence-electron chi connectivity index (χ1n) is 9.96. The molecule has 2 bridgehead atoms. The second kappa shape index (κ2) is 6.01. The summed E-state index contributed by atoms with van der Waals surface area (Å²) in [5.41, 5.74) is 4.69. The number of H-pyrrole nitrogens is 1. The number of aromatic hydroxyl groups is 1. The third-order valence-electron chi connectivity index (χ3n) is 6.28. The lowest BCUT2D eigenvalue weighted by Gasteiger charge is -2.31. The molecule has 0 saturated carbocycles. The first-order valence-corrected chi connectivity index (χ1v) is 9.96. The largest absolute Gasteiger partial charge is 0.508 e. The lowest BCUT2D eigenvalue weighted by atomic mass is 10.0. The van der Waals surface area contributed by atoms with Gasteiger partial charge in [0.1, 0.15) is 18.1 Å². The van der Waals surface area contributed by atoms with Gasteiger partial charge in [0.25, 0.3) is 0 Å². The number of rotatable bonds is 3. The molecule has 6 rings (SSSR count). The molecule has 7 heteroatoms. The number of aryl methyl sites for hydroxylation is 1. The number of epoxide rings is 1. The molecule has 5 heterocycles. The summed E-state index contributed by atoms with van der Waals surface area (Å²) < 4.78 is 6.20. The van der Waals surface area contributed by atoms with Gasteiger partial charge in [-0.15, -0.1) is 0 Å². The molecule has 2 aromatic heterocycles. The molecule has 0 radical (unpaired) electrons. The molecule has 4 atom stereocenters. The van der Waals surface area contributed by atoms with Crippen molar-refractivity contribution in [3.05, 3.63) is 41.6 Å². The quantitative estimate of drug-likeness (QED) is 0.608. The molecule has 28 heavy (non-hydrogen) atoms. The van der Waals surface area contributed by atoms with Crippen molar-refractivity contribution in [2.24, 2.45) is 0 Å².